The molecule has 1 saturated heterocycles. The summed E-state index contributed by atoms with van der Waals surface area (Å²) in [5.74, 6) is 0.814. The highest BCUT2D eigenvalue weighted by Gasteiger charge is 2.19. The molecule has 0 saturated carbocycles. The quantitative estimate of drug-likeness (QED) is 0.917. The highest BCUT2D eigenvalue weighted by atomic mass is 15.1. The average Bonchev–Trinajstić information content (AvgIpc) is 2.48. The van der Waals surface area contributed by atoms with E-state index < -0.39 is 0 Å². The molecule has 0 spiro atoms. The molecule has 0 bridgehead atoms. The molecule has 0 aliphatic carbocycles. The molecule has 0 unspecified atom stereocenters. The number of nitrogens with zero attached hydrogens (tertiary/aromatic N) is 2. The second kappa shape index (κ2) is 5.57. The van der Waals surface area contributed by atoms with Gasteiger partial charge >= 0.3 is 0 Å². The fourth-order valence-corrected chi connectivity index (χ4v) is 3.05. The summed E-state index contributed by atoms with van der Waals surface area (Å²) in [7, 11) is 0. The van der Waals surface area contributed by atoms with Gasteiger partial charge in [0.25, 0.3) is 0 Å². The lowest BCUT2D eigenvalue weighted by molar-refractivity contribution is 0.387. The predicted octanol–water partition coefficient (Wildman–Crippen LogP) is 2.80. The summed E-state index contributed by atoms with van der Waals surface area (Å²) in [6.07, 6.45) is 5.61. The maximum absolute atomic E-state index is 5.66. The Morgan fingerprint density at radius 2 is 1.95 bits per heavy atom. The molecule has 3 nitrogen and oxygen atoms in total. The minimum Gasteiger partial charge on any atom is -0.371 e. The van der Waals surface area contributed by atoms with Gasteiger partial charge in [-0.2, -0.15) is 0 Å². The van der Waals surface area contributed by atoms with E-state index in [1.165, 1.54) is 30.3 Å². The molecule has 19 heavy (non-hydrogen) atoms. The van der Waals surface area contributed by atoms with Gasteiger partial charge in [0.15, 0.2) is 0 Å². The molecule has 3 heteroatoms. The molecule has 0 atom stereocenters. The van der Waals surface area contributed by atoms with Gasteiger partial charge in [0, 0.05) is 30.4 Å². The molecule has 3 rings (SSSR count). The number of aromatic nitrogens is 1. The maximum Gasteiger partial charge on any atom is 0.0722 e. The summed E-state index contributed by atoms with van der Waals surface area (Å²) >= 11 is 0. The van der Waals surface area contributed by atoms with Crippen LogP contribution in [0.1, 0.15) is 19.3 Å². The Morgan fingerprint density at radius 1 is 1.16 bits per heavy atom. The summed E-state index contributed by atoms with van der Waals surface area (Å²) in [4.78, 5) is 6.93. The molecule has 1 aliphatic heterocycles. The topological polar surface area (TPSA) is 42.1 Å². The van der Waals surface area contributed by atoms with Gasteiger partial charge in [-0.25, -0.2) is 0 Å². The highest BCUT2D eigenvalue weighted by Crippen LogP contribution is 2.29. The van der Waals surface area contributed by atoms with Crippen LogP contribution in [0, 0.1) is 5.92 Å². The Labute approximate surface area is 114 Å². The van der Waals surface area contributed by atoms with Crippen LogP contribution in [0.3, 0.4) is 0 Å². The van der Waals surface area contributed by atoms with Gasteiger partial charge in [-0.15, -0.1) is 0 Å². The van der Waals surface area contributed by atoms with Crippen LogP contribution in [0.25, 0.3) is 10.9 Å². The Bertz CT molecular complexity index is 539. The molecule has 2 heterocycles. The van der Waals surface area contributed by atoms with E-state index in [2.05, 4.69) is 34.1 Å². The zero-order chi connectivity index (χ0) is 13.1. The Morgan fingerprint density at radius 3 is 2.74 bits per heavy atom. The first-order valence-electron chi connectivity index (χ1n) is 7.17. The van der Waals surface area contributed by atoms with Crippen LogP contribution < -0.4 is 10.6 Å². The van der Waals surface area contributed by atoms with Crippen molar-refractivity contribution in [3.63, 3.8) is 0 Å². The van der Waals surface area contributed by atoms with Crippen molar-refractivity contribution in [3.05, 3.63) is 36.5 Å². The van der Waals surface area contributed by atoms with Crippen molar-refractivity contribution in [1.82, 2.24) is 4.98 Å². The number of nitrogens with two attached hydrogens (primary N) is 1. The number of fused-ring (bicyclic) bond motifs is 1. The second-order valence-corrected chi connectivity index (χ2v) is 5.36. The molecule has 2 aromatic rings. The number of piperidine rings is 1. The van der Waals surface area contributed by atoms with Crippen LogP contribution in [0.2, 0.25) is 0 Å². The van der Waals surface area contributed by atoms with Crippen LogP contribution in [-0.4, -0.2) is 24.6 Å². The summed E-state index contributed by atoms with van der Waals surface area (Å²) in [6.45, 7) is 3.10. The van der Waals surface area contributed by atoms with Gasteiger partial charge in [-0.05, 0) is 43.9 Å². The van der Waals surface area contributed by atoms with Crippen LogP contribution in [0.15, 0.2) is 36.5 Å². The molecule has 0 radical (unpaired) electrons. The summed E-state index contributed by atoms with van der Waals surface area (Å²) < 4.78 is 0. The fourth-order valence-electron chi connectivity index (χ4n) is 3.05. The van der Waals surface area contributed by atoms with Gasteiger partial charge in [-0.3, -0.25) is 4.98 Å². The van der Waals surface area contributed by atoms with E-state index in [0.717, 1.165) is 31.1 Å². The minimum atomic E-state index is 0.814. The van der Waals surface area contributed by atoms with Gasteiger partial charge in [0.05, 0.1) is 5.52 Å². The molecular weight excluding hydrogens is 234 g/mol. The van der Waals surface area contributed by atoms with Gasteiger partial charge in [0.1, 0.15) is 0 Å². The van der Waals surface area contributed by atoms with E-state index in [-0.39, 0.29) is 0 Å². The van der Waals surface area contributed by atoms with E-state index >= 15 is 0 Å². The molecule has 100 valence electrons. The van der Waals surface area contributed by atoms with Crippen LogP contribution in [0.5, 0.6) is 0 Å². The summed E-state index contributed by atoms with van der Waals surface area (Å²) in [5.41, 5.74) is 8.08. The third-order valence-electron chi connectivity index (χ3n) is 4.16. The minimum absolute atomic E-state index is 0.814. The maximum atomic E-state index is 5.66. The van der Waals surface area contributed by atoms with Crippen molar-refractivity contribution >= 4 is 16.6 Å². The molecule has 1 fully saturated rings. The Kier molecular flexibility index (Phi) is 3.65. The van der Waals surface area contributed by atoms with Crippen molar-refractivity contribution in [2.24, 2.45) is 11.7 Å². The summed E-state index contributed by atoms with van der Waals surface area (Å²) in [6, 6.07) is 10.5. The van der Waals surface area contributed by atoms with E-state index in [1.54, 1.807) is 0 Å². The third kappa shape index (κ3) is 2.56. The van der Waals surface area contributed by atoms with Crippen LogP contribution in [-0.2, 0) is 0 Å². The molecule has 1 aromatic heterocycles. The second-order valence-electron chi connectivity index (χ2n) is 5.36. The molecule has 1 aromatic carbocycles. The first-order chi connectivity index (χ1) is 9.38. The van der Waals surface area contributed by atoms with Crippen LogP contribution >= 0.6 is 0 Å². The van der Waals surface area contributed by atoms with Gasteiger partial charge in [0.2, 0.25) is 0 Å². The Balaban J connectivity index is 1.82. The molecule has 0 amide bonds. The smallest absolute Gasteiger partial charge is 0.0722 e. The van der Waals surface area contributed by atoms with Crippen molar-refractivity contribution in [2.45, 2.75) is 19.3 Å². The van der Waals surface area contributed by atoms with Crippen molar-refractivity contribution in [2.75, 3.05) is 24.5 Å². The molecular formula is C16H21N3. The number of rotatable bonds is 3. The zero-order valence-corrected chi connectivity index (χ0v) is 11.3. The largest absolute Gasteiger partial charge is 0.371 e. The monoisotopic (exact) mass is 255 g/mol. The number of para-hydroxylation sites is 1. The van der Waals surface area contributed by atoms with Crippen LogP contribution in [0.4, 0.5) is 5.69 Å². The number of hydrogen-bond acceptors (Lipinski definition) is 3. The van der Waals surface area contributed by atoms with Crippen molar-refractivity contribution < 1.29 is 0 Å². The first-order valence-corrected chi connectivity index (χ1v) is 7.17. The predicted molar refractivity (Wildman–Crippen MR) is 80.4 cm³/mol. The molecule has 1 aliphatic rings. The SMILES string of the molecule is NCCC1CCN(c2ccnc3ccccc23)CC1. The normalized spacial score (nSPS) is 17.0. The van der Waals surface area contributed by atoms with Crippen molar-refractivity contribution in [1.29, 1.82) is 0 Å². The fraction of sp³-hybridized carbons (Fsp3) is 0.438. The lowest BCUT2D eigenvalue weighted by atomic mass is 9.93. The lowest BCUT2D eigenvalue weighted by Gasteiger charge is -2.34. The van der Waals surface area contributed by atoms with Gasteiger partial charge < -0.3 is 10.6 Å². The number of hydrogen-bond donors (Lipinski definition) is 1. The van der Waals surface area contributed by atoms with Crippen molar-refractivity contribution in [3.8, 4) is 0 Å². The van der Waals surface area contributed by atoms with E-state index in [1.807, 2.05) is 12.3 Å². The van der Waals surface area contributed by atoms with Gasteiger partial charge in [-0.1, -0.05) is 18.2 Å². The number of benzene rings is 1. The zero-order valence-electron chi connectivity index (χ0n) is 11.3. The summed E-state index contributed by atoms with van der Waals surface area (Å²) in [5, 5.41) is 1.27. The van der Waals surface area contributed by atoms with E-state index in [0.29, 0.717) is 0 Å². The third-order valence-corrected chi connectivity index (χ3v) is 4.16. The number of pyridine rings is 1. The lowest BCUT2D eigenvalue weighted by Crippen LogP contribution is -2.34. The Hall–Kier alpha value is -1.61. The number of anilines is 1. The molecule has 2 N–H and O–H groups in total. The average molecular weight is 255 g/mol. The first kappa shape index (κ1) is 12.4. The van der Waals surface area contributed by atoms with E-state index in [4.69, 9.17) is 5.73 Å². The van der Waals surface area contributed by atoms with E-state index in [9.17, 15) is 0 Å². The highest BCUT2D eigenvalue weighted by molar-refractivity contribution is 5.91. The standard InChI is InChI=1S/C16H21N3/c17-9-5-13-7-11-19(12-8-13)16-6-10-18-15-4-2-1-3-14(15)16/h1-4,6,10,13H,5,7-9,11-12,17H2.